The largest absolute Gasteiger partial charge is 0.454 e. The summed E-state index contributed by atoms with van der Waals surface area (Å²) >= 11 is 6.57. The smallest absolute Gasteiger partial charge is 0.267 e. The van der Waals surface area contributed by atoms with Crippen LogP contribution in [0.2, 0.25) is 0 Å². The number of thioether (sulfide) groups is 1. The number of nitrogens with one attached hydrogen (secondary N) is 1. The Bertz CT molecular complexity index is 1380. The van der Waals surface area contributed by atoms with Crippen LogP contribution in [-0.2, 0) is 11.3 Å². The van der Waals surface area contributed by atoms with E-state index >= 15 is 0 Å². The molecule has 10 heteroatoms. The molecule has 0 bridgehead atoms. The van der Waals surface area contributed by atoms with Gasteiger partial charge in [-0.1, -0.05) is 36.1 Å². The molecule has 0 radical (unpaired) electrons. The topological polar surface area (TPSA) is 85.2 Å². The zero-order valence-corrected chi connectivity index (χ0v) is 19.5. The molecule has 0 spiro atoms. The van der Waals surface area contributed by atoms with Crippen molar-refractivity contribution in [3.8, 4) is 11.5 Å². The van der Waals surface area contributed by atoms with Gasteiger partial charge in [-0.05, 0) is 49.8 Å². The number of carbonyl (C=O) groups excluding carboxylic acids is 1. The predicted octanol–water partition coefficient (Wildman–Crippen LogP) is 3.64. The van der Waals surface area contributed by atoms with Crippen molar-refractivity contribution in [2.45, 2.75) is 26.4 Å². The Labute approximate surface area is 199 Å². The van der Waals surface area contributed by atoms with Gasteiger partial charge in [0.2, 0.25) is 6.79 Å². The zero-order chi connectivity index (χ0) is 23.1. The molecule has 2 aromatic heterocycles. The maximum atomic E-state index is 13.3. The second-order valence-corrected chi connectivity index (χ2v) is 9.47. The number of fused-ring (bicyclic) bond motifs is 2. The molecule has 3 aromatic rings. The van der Waals surface area contributed by atoms with Crippen molar-refractivity contribution in [1.82, 2.24) is 14.3 Å². The van der Waals surface area contributed by atoms with Crippen LogP contribution in [-0.4, -0.2) is 37.3 Å². The number of nitrogens with zero attached hydrogens (tertiary/aromatic N) is 3. The van der Waals surface area contributed by atoms with Crippen molar-refractivity contribution < 1.29 is 14.3 Å². The summed E-state index contributed by atoms with van der Waals surface area (Å²) in [6, 6.07) is 10.9. The Morgan fingerprint density at radius 3 is 2.82 bits per heavy atom. The van der Waals surface area contributed by atoms with Crippen LogP contribution in [0.25, 0.3) is 11.7 Å². The zero-order valence-electron chi connectivity index (χ0n) is 17.9. The van der Waals surface area contributed by atoms with Gasteiger partial charge in [-0.25, -0.2) is 4.98 Å². The van der Waals surface area contributed by atoms with Crippen LogP contribution >= 0.6 is 24.0 Å². The average Bonchev–Trinajstić information content (AvgIpc) is 3.37. The van der Waals surface area contributed by atoms with E-state index in [4.69, 9.17) is 21.7 Å². The van der Waals surface area contributed by atoms with Gasteiger partial charge in [-0.15, -0.1) is 0 Å². The Morgan fingerprint density at radius 2 is 2.03 bits per heavy atom. The summed E-state index contributed by atoms with van der Waals surface area (Å²) in [6.07, 6.45) is 3.24. The summed E-state index contributed by atoms with van der Waals surface area (Å²) in [5, 5.41) is 3.26. The third-order valence-corrected chi connectivity index (χ3v) is 6.61. The third-order valence-electron chi connectivity index (χ3n) is 5.28. The van der Waals surface area contributed by atoms with Gasteiger partial charge in [0.15, 0.2) is 11.5 Å². The van der Waals surface area contributed by atoms with Crippen molar-refractivity contribution in [1.29, 1.82) is 0 Å². The summed E-state index contributed by atoms with van der Waals surface area (Å²) in [5.74, 6) is 1.56. The molecule has 1 N–H and O–H groups in total. The first-order valence-electron chi connectivity index (χ1n) is 10.3. The number of rotatable bonds is 5. The second-order valence-electron chi connectivity index (χ2n) is 7.79. The quantitative estimate of drug-likeness (QED) is 0.438. The Morgan fingerprint density at radius 1 is 1.21 bits per heavy atom. The maximum absolute atomic E-state index is 13.3. The fourth-order valence-corrected chi connectivity index (χ4v) is 5.17. The summed E-state index contributed by atoms with van der Waals surface area (Å²) in [5.41, 5.74) is 1.46. The van der Waals surface area contributed by atoms with E-state index in [0.717, 1.165) is 5.56 Å². The highest BCUT2D eigenvalue weighted by Gasteiger charge is 2.34. The van der Waals surface area contributed by atoms with Crippen molar-refractivity contribution in [3.63, 3.8) is 0 Å². The standard InChI is InChI=1S/C23H20N4O4S2/c1-13(2)27-22(29)18(33-23(27)32)10-15-20(25-19-5-3-4-8-26(19)21(15)28)24-11-14-6-7-16-17(9-14)31-12-30-16/h3-10,13,24H,11-12H2,1-2H3/b18-10-. The number of anilines is 1. The fraction of sp³-hybridized carbons (Fsp3) is 0.217. The third kappa shape index (κ3) is 3.96. The normalized spacial score (nSPS) is 16.5. The van der Waals surface area contributed by atoms with Gasteiger partial charge < -0.3 is 14.8 Å². The fourth-order valence-electron chi connectivity index (χ4n) is 3.66. The molecule has 0 saturated carbocycles. The van der Waals surface area contributed by atoms with E-state index in [1.807, 2.05) is 38.1 Å². The molecule has 5 rings (SSSR count). The number of amides is 1. The first-order chi connectivity index (χ1) is 15.9. The highest BCUT2D eigenvalue weighted by molar-refractivity contribution is 8.26. The molecule has 2 aliphatic rings. The molecule has 0 unspecified atom stereocenters. The Kier molecular flexibility index (Phi) is 5.55. The minimum absolute atomic E-state index is 0.0668. The minimum atomic E-state index is -0.274. The highest BCUT2D eigenvalue weighted by Crippen LogP contribution is 2.35. The van der Waals surface area contributed by atoms with E-state index in [0.29, 0.717) is 44.3 Å². The molecule has 8 nitrogen and oxygen atoms in total. The monoisotopic (exact) mass is 480 g/mol. The highest BCUT2D eigenvalue weighted by atomic mass is 32.2. The first-order valence-corrected chi connectivity index (χ1v) is 11.6. The summed E-state index contributed by atoms with van der Waals surface area (Å²) in [4.78, 5) is 32.8. The van der Waals surface area contributed by atoms with Gasteiger partial charge in [0.1, 0.15) is 15.8 Å². The van der Waals surface area contributed by atoms with E-state index in [9.17, 15) is 9.59 Å². The molecule has 1 aromatic carbocycles. The molecule has 1 saturated heterocycles. The number of hydrogen-bond acceptors (Lipinski definition) is 8. The number of hydrogen-bond donors (Lipinski definition) is 1. The number of pyridine rings is 1. The van der Waals surface area contributed by atoms with Crippen LogP contribution in [0.4, 0.5) is 5.82 Å². The molecule has 1 amide bonds. The van der Waals surface area contributed by atoms with E-state index in [1.54, 1.807) is 29.3 Å². The van der Waals surface area contributed by atoms with Crippen LogP contribution in [0.15, 0.2) is 52.3 Å². The van der Waals surface area contributed by atoms with Gasteiger partial charge >= 0.3 is 0 Å². The molecule has 4 heterocycles. The number of aromatic nitrogens is 2. The molecule has 168 valence electrons. The van der Waals surface area contributed by atoms with Crippen molar-refractivity contribution in [2.24, 2.45) is 0 Å². The summed E-state index contributed by atoms with van der Waals surface area (Å²) < 4.78 is 12.7. The molecular formula is C23H20N4O4S2. The molecule has 1 fully saturated rings. The lowest BCUT2D eigenvalue weighted by molar-refractivity contribution is -0.123. The number of ether oxygens (including phenoxy) is 2. The number of carbonyl (C=O) groups is 1. The lowest BCUT2D eigenvalue weighted by Crippen LogP contribution is -2.34. The SMILES string of the molecule is CC(C)N1C(=O)/C(=C/c2c(NCc3ccc4c(c3)OCO4)nc3ccccn3c2=O)SC1=S. The van der Waals surface area contributed by atoms with E-state index in [2.05, 4.69) is 10.3 Å². The Hall–Kier alpha value is -3.37. The maximum Gasteiger partial charge on any atom is 0.267 e. The van der Waals surface area contributed by atoms with Gasteiger partial charge in [0.25, 0.3) is 11.5 Å². The van der Waals surface area contributed by atoms with Crippen LogP contribution < -0.4 is 20.3 Å². The average molecular weight is 481 g/mol. The van der Waals surface area contributed by atoms with Crippen molar-refractivity contribution in [3.05, 3.63) is 69.0 Å². The predicted molar refractivity (Wildman–Crippen MR) is 132 cm³/mol. The molecule has 0 aliphatic carbocycles. The lowest BCUT2D eigenvalue weighted by atomic mass is 10.2. The molecule has 2 aliphatic heterocycles. The molecule has 0 atom stereocenters. The Balaban J connectivity index is 1.54. The molecule has 33 heavy (non-hydrogen) atoms. The number of thiocarbonyl (C=S) groups is 1. The summed E-state index contributed by atoms with van der Waals surface area (Å²) in [6.45, 7) is 4.41. The van der Waals surface area contributed by atoms with E-state index in [-0.39, 0.29) is 24.3 Å². The minimum Gasteiger partial charge on any atom is -0.454 e. The lowest BCUT2D eigenvalue weighted by Gasteiger charge is -2.18. The summed E-state index contributed by atoms with van der Waals surface area (Å²) in [7, 11) is 0. The van der Waals surface area contributed by atoms with E-state index in [1.165, 1.54) is 16.2 Å². The van der Waals surface area contributed by atoms with Gasteiger partial charge in [-0.2, -0.15) is 0 Å². The van der Waals surface area contributed by atoms with Gasteiger partial charge in [0.05, 0.1) is 10.5 Å². The van der Waals surface area contributed by atoms with Crippen molar-refractivity contribution >= 4 is 51.7 Å². The van der Waals surface area contributed by atoms with E-state index < -0.39 is 0 Å². The van der Waals surface area contributed by atoms with Crippen LogP contribution in [0.5, 0.6) is 11.5 Å². The molecular weight excluding hydrogens is 460 g/mol. The van der Waals surface area contributed by atoms with Crippen LogP contribution in [0.1, 0.15) is 25.0 Å². The first kappa shape index (κ1) is 21.5. The van der Waals surface area contributed by atoms with Crippen molar-refractivity contribution in [2.75, 3.05) is 12.1 Å². The second kappa shape index (κ2) is 8.53. The van der Waals surface area contributed by atoms with Crippen LogP contribution in [0, 0.1) is 0 Å². The van der Waals surface area contributed by atoms with Gasteiger partial charge in [-0.3, -0.25) is 18.9 Å². The number of benzene rings is 1. The van der Waals surface area contributed by atoms with Crippen LogP contribution in [0.3, 0.4) is 0 Å². The van der Waals surface area contributed by atoms with Gasteiger partial charge in [0, 0.05) is 18.8 Å².